The van der Waals surface area contributed by atoms with Crippen molar-refractivity contribution < 1.29 is 9.47 Å². The highest BCUT2D eigenvalue weighted by Gasteiger charge is 2.20. The zero-order valence-corrected chi connectivity index (χ0v) is 10.3. The standard InChI is InChI=1S/C12H25NO2/c1-4-12-8-11(6-7-15-12)13-9-10(3)14-5-2/h10-13H,4-9H2,1-3H3. The van der Waals surface area contributed by atoms with Crippen molar-refractivity contribution in [3.63, 3.8) is 0 Å². The molecular formula is C12H25NO2. The van der Waals surface area contributed by atoms with Gasteiger partial charge in [-0.25, -0.2) is 0 Å². The second-order valence-electron chi connectivity index (χ2n) is 4.30. The average Bonchev–Trinajstić information content (AvgIpc) is 2.27. The number of nitrogens with one attached hydrogen (secondary N) is 1. The Hall–Kier alpha value is -0.120. The predicted molar refractivity (Wildman–Crippen MR) is 62.1 cm³/mol. The summed E-state index contributed by atoms with van der Waals surface area (Å²) in [7, 11) is 0. The Morgan fingerprint density at radius 1 is 1.47 bits per heavy atom. The summed E-state index contributed by atoms with van der Waals surface area (Å²) in [6, 6.07) is 0.617. The highest BCUT2D eigenvalue weighted by Crippen LogP contribution is 2.16. The molecule has 0 aliphatic carbocycles. The van der Waals surface area contributed by atoms with Gasteiger partial charge in [-0.15, -0.1) is 0 Å². The summed E-state index contributed by atoms with van der Waals surface area (Å²) < 4.78 is 11.1. The first-order valence-corrected chi connectivity index (χ1v) is 6.22. The highest BCUT2D eigenvalue weighted by atomic mass is 16.5. The van der Waals surface area contributed by atoms with Gasteiger partial charge in [0.25, 0.3) is 0 Å². The molecule has 0 spiro atoms. The van der Waals surface area contributed by atoms with Crippen LogP contribution in [0.1, 0.15) is 40.0 Å². The Balaban J connectivity index is 2.14. The average molecular weight is 215 g/mol. The van der Waals surface area contributed by atoms with Gasteiger partial charge in [-0.3, -0.25) is 0 Å². The van der Waals surface area contributed by atoms with Crippen LogP contribution in [0.15, 0.2) is 0 Å². The Kier molecular flexibility index (Phi) is 6.22. The summed E-state index contributed by atoms with van der Waals surface area (Å²) in [5.74, 6) is 0. The smallest absolute Gasteiger partial charge is 0.0671 e. The number of rotatable bonds is 6. The van der Waals surface area contributed by atoms with Crippen molar-refractivity contribution in [2.45, 2.75) is 58.3 Å². The summed E-state index contributed by atoms with van der Waals surface area (Å²) in [5, 5.41) is 3.57. The maximum atomic E-state index is 5.64. The van der Waals surface area contributed by atoms with Crippen molar-refractivity contribution in [2.75, 3.05) is 19.8 Å². The second kappa shape index (κ2) is 7.20. The Labute approximate surface area is 93.5 Å². The third-order valence-electron chi connectivity index (χ3n) is 2.97. The summed E-state index contributed by atoms with van der Waals surface area (Å²) in [6.07, 6.45) is 4.18. The van der Waals surface area contributed by atoms with Gasteiger partial charge >= 0.3 is 0 Å². The quantitative estimate of drug-likeness (QED) is 0.734. The van der Waals surface area contributed by atoms with Crippen molar-refractivity contribution in [3.8, 4) is 0 Å². The molecule has 0 aromatic carbocycles. The molecule has 3 nitrogen and oxygen atoms in total. The first-order chi connectivity index (χ1) is 7.26. The molecule has 1 fully saturated rings. The third-order valence-corrected chi connectivity index (χ3v) is 2.97. The van der Waals surface area contributed by atoms with Gasteiger partial charge in [0.1, 0.15) is 0 Å². The molecule has 3 atom stereocenters. The van der Waals surface area contributed by atoms with Gasteiger partial charge in [0.05, 0.1) is 12.2 Å². The van der Waals surface area contributed by atoms with Gasteiger partial charge in [-0.1, -0.05) is 6.92 Å². The van der Waals surface area contributed by atoms with E-state index in [2.05, 4.69) is 19.2 Å². The molecule has 3 unspecified atom stereocenters. The topological polar surface area (TPSA) is 30.5 Å². The molecule has 1 saturated heterocycles. The Morgan fingerprint density at radius 3 is 2.93 bits per heavy atom. The Bertz CT molecular complexity index is 164. The molecule has 1 aliphatic rings. The van der Waals surface area contributed by atoms with Gasteiger partial charge in [-0.2, -0.15) is 0 Å². The largest absolute Gasteiger partial charge is 0.378 e. The molecule has 15 heavy (non-hydrogen) atoms. The minimum Gasteiger partial charge on any atom is -0.378 e. The van der Waals surface area contributed by atoms with E-state index in [4.69, 9.17) is 9.47 Å². The van der Waals surface area contributed by atoms with Crippen LogP contribution >= 0.6 is 0 Å². The van der Waals surface area contributed by atoms with Crippen molar-refractivity contribution in [1.82, 2.24) is 5.32 Å². The van der Waals surface area contributed by atoms with E-state index in [1.54, 1.807) is 0 Å². The van der Waals surface area contributed by atoms with Crippen LogP contribution in [0.4, 0.5) is 0 Å². The van der Waals surface area contributed by atoms with Crippen molar-refractivity contribution >= 4 is 0 Å². The van der Waals surface area contributed by atoms with Crippen LogP contribution in [0.5, 0.6) is 0 Å². The van der Waals surface area contributed by atoms with Crippen LogP contribution in [-0.4, -0.2) is 38.0 Å². The fourth-order valence-electron chi connectivity index (χ4n) is 2.03. The van der Waals surface area contributed by atoms with Gasteiger partial charge in [0.2, 0.25) is 0 Å². The zero-order valence-electron chi connectivity index (χ0n) is 10.3. The SMILES string of the molecule is CCOC(C)CNC1CCOC(CC)C1. The first kappa shape index (κ1) is 12.9. The van der Waals surface area contributed by atoms with Crippen LogP contribution in [0.25, 0.3) is 0 Å². The maximum absolute atomic E-state index is 5.64. The van der Waals surface area contributed by atoms with Gasteiger partial charge in [0, 0.05) is 25.8 Å². The number of hydrogen-bond acceptors (Lipinski definition) is 3. The second-order valence-corrected chi connectivity index (χ2v) is 4.30. The number of ether oxygens (including phenoxy) is 2. The fraction of sp³-hybridized carbons (Fsp3) is 1.00. The molecule has 1 rings (SSSR count). The van der Waals surface area contributed by atoms with Gasteiger partial charge in [0.15, 0.2) is 0 Å². The lowest BCUT2D eigenvalue weighted by atomic mass is 10.0. The lowest BCUT2D eigenvalue weighted by Crippen LogP contribution is -2.41. The highest BCUT2D eigenvalue weighted by molar-refractivity contribution is 4.76. The molecule has 3 heteroatoms. The van der Waals surface area contributed by atoms with Gasteiger partial charge < -0.3 is 14.8 Å². The van der Waals surface area contributed by atoms with Crippen LogP contribution in [0, 0.1) is 0 Å². The monoisotopic (exact) mass is 215 g/mol. The van der Waals surface area contributed by atoms with Gasteiger partial charge in [-0.05, 0) is 33.1 Å². The molecule has 0 saturated carbocycles. The molecule has 1 N–H and O–H groups in total. The summed E-state index contributed by atoms with van der Waals surface area (Å²) in [6.45, 7) is 9.00. The molecule has 0 radical (unpaired) electrons. The van der Waals surface area contributed by atoms with Crippen LogP contribution < -0.4 is 5.32 Å². The molecule has 0 aromatic heterocycles. The first-order valence-electron chi connectivity index (χ1n) is 6.22. The molecule has 0 bridgehead atoms. The van der Waals surface area contributed by atoms with E-state index < -0.39 is 0 Å². The van der Waals surface area contributed by atoms with Crippen LogP contribution in [-0.2, 0) is 9.47 Å². The van der Waals surface area contributed by atoms with E-state index in [0.717, 1.165) is 39.0 Å². The summed E-state index contributed by atoms with van der Waals surface area (Å²) in [4.78, 5) is 0. The van der Waals surface area contributed by atoms with Crippen LogP contribution in [0.3, 0.4) is 0 Å². The molecule has 1 heterocycles. The fourth-order valence-corrected chi connectivity index (χ4v) is 2.03. The van der Waals surface area contributed by atoms with Crippen LogP contribution in [0.2, 0.25) is 0 Å². The lowest BCUT2D eigenvalue weighted by Gasteiger charge is -2.30. The summed E-state index contributed by atoms with van der Waals surface area (Å²) in [5.41, 5.74) is 0. The Morgan fingerprint density at radius 2 is 2.27 bits per heavy atom. The van der Waals surface area contributed by atoms with Crippen molar-refractivity contribution in [1.29, 1.82) is 0 Å². The van der Waals surface area contributed by atoms with E-state index >= 15 is 0 Å². The molecular weight excluding hydrogens is 190 g/mol. The normalized spacial score (nSPS) is 29.0. The van der Waals surface area contributed by atoms with E-state index in [0.29, 0.717) is 18.2 Å². The van der Waals surface area contributed by atoms with E-state index in [9.17, 15) is 0 Å². The lowest BCUT2D eigenvalue weighted by molar-refractivity contribution is -0.00390. The maximum Gasteiger partial charge on any atom is 0.0671 e. The molecule has 0 aromatic rings. The minimum atomic E-state index is 0.318. The third kappa shape index (κ3) is 4.96. The molecule has 0 amide bonds. The van der Waals surface area contributed by atoms with Crippen molar-refractivity contribution in [2.24, 2.45) is 0 Å². The van der Waals surface area contributed by atoms with Crippen molar-refractivity contribution in [3.05, 3.63) is 0 Å². The summed E-state index contributed by atoms with van der Waals surface area (Å²) >= 11 is 0. The zero-order chi connectivity index (χ0) is 11.1. The minimum absolute atomic E-state index is 0.318. The van der Waals surface area contributed by atoms with E-state index in [-0.39, 0.29) is 0 Å². The van der Waals surface area contributed by atoms with E-state index in [1.165, 1.54) is 0 Å². The molecule has 1 aliphatic heterocycles. The predicted octanol–water partition coefficient (Wildman–Crippen LogP) is 1.96. The molecule has 90 valence electrons. The number of hydrogen-bond donors (Lipinski definition) is 1. The van der Waals surface area contributed by atoms with E-state index in [1.807, 2.05) is 6.92 Å².